The number of nitrogens with one attached hydrogen (secondary N) is 1. The number of benzene rings is 1. The molecule has 0 saturated carbocycles. The normalized spacial score (nSPS) is 19.5. The molecule has 0 spiro atoms. The van der Waals surface area contributed by atoms with E-state index in [0.29, 0.717) is 12.1 Å². The van der Waals surface area contributed by atoms with E-state index in [1.807, 2.05) is 5.43 Å². The number of nitrogens with zero attached hydrogens (tertiary/aromatic N) is 1. The first-order chi connectivity index (χ1) is 8.79. The molecule has 0 aromatic heterocycles. The van der Waals surface area contributed by atoms with Gasteiger partial charge in [0, 0.05) is 5.56 Å². The molecule has 1 amide bonds. The van der Waals surface area contributed by atoms with E-state index in [0.717, 1.165) is 6.07 Å². The zero-order valence-electron chi connectivity index (χ0n) is 9.58. The lowest BCUT2D eigenvalue weighted by Gasteiger charge is -2.20. The number of hydrazone groups is 1. The Bertz CT molecular complexity index is 554. The van der Waals surface area contributed by atoms with Gasteiger partial charge in [0.15, 0.2) is 0 Å². The molecule has 1 N–H and O–H groups in total. The van der Waals surface area contributed by atoms with E-state index in [4.69, 9.17) is 4.74 Å². The Morgan fingerprint density at radius 3 is 2.63 bits per heavy atom. The first kappa shape index (κ1) is 13.3. The highest BCUT2D eigenvalue weighted by Gasteiger charge is 2.35. The summed E-state index contributed by atoms with van der Waals surface area (Å²) in [5.74, 6) is -1.37. The molecule has 1 heterocycles. The van der Waals surface area contributed by atoms with Crippen molar-refractivity contribution < 1.29 is 27.1 Å². The van der Waals surface area contributed by atoms with Gasteiger partial charge in [-0.1, -0.05) is 6.07 Å². The molecule has 2 rings (SSSR count). The highest BCUT2D eigenvalue weighted by Crippen LogP contribution is 2.32. The van der Waals surface area contributed by atoms with Crippen LogP contribution in [0.15, 0.2) is 23.3 Å². The molecule has 0 fully saturated rings. The Hall–Kier alpha value is -2.12. The number of hydrogen-bond acceptors (Lipinski definition) is 3. The molecule has 0 bridgehead atoms. The van der Waals surface area contributed by atoms with Crippen LogP contribution in [0.25, 0.3) is 0 Å². The third-order valence-corrected chi connectivity index (χ3v) is 2.50. The van der Waals surface area contributed by atoms with Gasteiger partial charge in [0.05, 0.1) is 5.56 Å². The number of halogens is 4. The van der Waals surface area contributed by atoms with E-state index in [1.54, 1.807) is 0 Å². The fourth-order valence-corrected chi connectivity index (χ4v) is 1.64. The van der Waals surface area contributed by atoms with Gasteiger partial charge in [-0.25, -0.2) is 14.6 Å². The summed E-state index contributed by atoms with van der Waals surface area (Å²) in [6, 6.07) is 2.47. The molecular weight excluding hydrogens is 268 g/mol. The largest absolute Gasteiger partial charge is 0.439 e. The Kier molecular flexibility index (Phi) is 3.17. The smallest absolute Gasteiger partial charge is 0.428 e. The van der Waals surface area contributed by atoms with E-state index in [-0.39, 0.29) is 11.3 Å². The van der Waals surface area contributed by atoms with Gasteiger partial charge in [-0.05, 0) is 19.1 Å². The molecule has 1 aliphatic heterocycles. The fraction of sp³-hybridized carbons (Fsp3) is 0.273. The van der Waals surface area contributed by atoms with Crippen LogP contribution in [0.4, 0.5) is 22.4 Å². The molecule has 0 radical (unpaired) electrons. The van der Waals surface area contributed by atoms with Crippen LogP contribution in [0.3, 0.4) is 0 Å². The molecule has 19 heavy (non-hydrogen) atoms. The fourth-order valence-electron chi connectivity index (χ4n) is 1.64. The summed E-state index contributed by atoms with van der Waals surface area (Å²) in [5.41, 5.74) is 0.711. The number of carbonyl (C=O) groups excluding carboxylic acids is 1. The van der Waals surface area contributed by atoms with Crippen LogP contribution >= 0.6 is 0 Å². The highest BCUT2D eigenvalue weighted by atomic mass is 19.4. The van der Waals surface area contributed by atoms with Gasteiger partial charge in [-0.3, -0.25) is 0 Å². The number of ether oxygens (including phenoxy) is 1. The predicted octanol–water partition coefficient (Wildman–Crippen LogP) is 2.68. The van der Waals surface area contributed by atoms with Gasteiger partial charge in [-0.15, -0.1) is 0 Å². The van der Waals surface area contributed by atoms with Crippen molar-refractivity contribution in [3.63, 3.8) is 0 Å². The summed E-state index contributed by atoms with van der Waals surface area (Å²) in [7, 11) is 0. The molecule has 0 unspecified atom stereocenters. The van der Waals surface area contributed by atoms with Crippen LogP contribution in [0.2, 0.25) is 0 Å². The van der Waals surface area contributed by atoms with Crippen molar-refractivity contribution in [3.05, 3.63) is 35.1 Å². The average Bonchev–Trinajstić information content (AvgIpc) is 2.29. The second-order valence-corrected chi connectivity index (χ2v) is 3.85. The van der Waals surface area contributed by atoms with Crippen molar-refractivity contribution in [2.45, 2.75) is 19.2 Å². The lowest BCUT2D eigenvalue weighted by molar-refractivity contribution is -0.140. The van der Waals surface area contributed by atoms with Gasteiger partial charge in [0.1, 0.15) is 17.6 Å². The van der Waals surface area contributed by atoms with Crippen LogP contribution in [-0.2, 0) is 10.9 Å². The molecule has 0 saturated heterocycles. The van der Waals surface area contributed by atoms with Crippen LogP contribution in [-0.4, -0.2) is 17.9 Å². The SMILES string of the molecule is C[C@@H]1OC(=O)NN=C1c1ccc(F)c(C(F)(F)F)c1. The Morgan fingerprint density at radius 2 is 2.05 bits per heavy atom. The van der Waals surface area contributed by atoms with Crippen molar-refractivity contribution in [2.75, 3.05) is 0 Å². The summed E-state index contributed by atoms with van der Waals surface area (Å²) in [5, 5.41) is 3.62. The Balaban J connectivity index is 2.45. The van der Waals surface area contributed by atoms with E-state index in [1.165, 1.54) is 6.92 Å². The summed E-state index contributed by atoms with van der Waals surface area (Å²) in [6.45, 7) is 1.45. The maximum atomic E-state index is 13.1. The third-order valence-electron chi connectivity index (χ3n) is 2.50. The quantitative estimate of drug-likeness (QED) is 0.802. The first-order valence-electron chi connectivity index (χ1n) is 5.20. The monoisotopic (exact) mass is 276 g/mol. The first-order valence-corrected chi connectivity index (χ1v) is 5.20. The zero-order chi connectivity index (χ0) is 14.2. The van der Waals surface area contributed by atoms with E-state index >= 15 is 0 Å². The summed E-state index contributed by atoms with van der Waals surface area (Å²) >= 11 is 0. The number of alkyl halides is 3. The lowest BCUT2D eigenvalue weighted by atomic mass is 10.0. The second kappa shape index (κ2) is 4.52. The minimum atomic E-state index is -4.80. The van der Waals surface area contributed by atoms with E-state index in [9.17, 15) is 22.4 Å². The molecule has 1 aromatic rings. The second-order valence-electron chi connectivity index (χ2n) is 3.85. The number of carbonyl (C=O) groups is 1. The standard InChI is InChI=1S/C11H8F4N2O2/c1-5-9(16-17-10(18)19-5)6-2-3-8(12)7(4-6)11(13,14)15/h2-5H,1H3,(H,17,18)/t5-/m0/s1. The van der Waals surface area contributed by atoms with Crippen LogP contribution in [0, 0.1) is 5.82 Å². The highest BCUT2D eigenvalue weighted by molar-refractivity contribution is 6.05. The van der Waals surface area contributed by atoms with E-state index < -0.39 is 29.8 Å². The van der Waals surface area contributed by atoms with Crippen molar-refractivity contribution in [1.82, 2.24) is 5.43 Å². The van der Waals surface area contributed by atoms with Crippen LogP contribution in [0.1, 0.15) is 18.1 Å². The van der Waals surface area contributed by atoms with Crippen molar-refractivity contribution >= 4 is 11.8 Å². The molecule has 8 heteroatoms. The number of rotatable bonds is 1. The van der Waals surface area contributed by atoms with Crippen molar-refractivity contribution in [2.24, 2.45) is 5.10 Å². The third kappa shape index (κ3) is 2.67. The molecule has 1 aromatic carbocycles. The van der Waals surface area contributed by atoms with Gasteiger partial charge >= 0.3 is 12.3 Å². The summed E-state index contributed by atoms with van der Waals surface area (Å²) in [6.07, 6.45) is -6.42. The van der Waals surface area contributed by atoms with Crippen LogP contribution in [0.5, 0.6) is 0 Å². The Labute approximate surface area is 105 Å². The maximum absolute atomic E-state index is 13.1. The minimum Gasteiger partial charge on any atom is -0.439 e. The van der Waals surface area contributed by atoms with E-state index in [2.05, 4.69) is 5.10 Å². The Morgan fingerprint density at radius 1 is 1.37 bits per heavy atom. The predicted molar refractivity (Wildman–Crippen MR) is 57.0 cm³/mol. The summed E-state index contributed by atoms with van der Waals surface area (Å²) in [4.78, 5) is 10.9. The molecule has 4 nitrogen and oxygen atoms in total. The summed E-state index contributed by atoms with van der Waals surface area (Å²) < 4.78 is 55.6. The molecule has 102 valence electrons. The van der Waals surface area contributed by atoms with Crippen LogP contribution < -0.4 is 5.43 Å². The van der Waals surface area contributed by atoms with Gasteiger partial charge in [0.25, 0.3) is 0 Å². The van der Waals surface area contributed by atoms with Crippen molar-refractivity contribution in [1.29, 1.82) is 0 Å². The average molecular weight is 276 g/mol. The van der Waals surface area contributed by atoms with Gasteiger partial charge < -0.3 is 4.74 Å². The number of amides is 1. The zero-order valence-corrected chi connectivity index (χ0v) is 9.58. The van der Waals surface area contributed by atoms with Gasteiger partial charge in [0.2, 0.25) is 0 Å². The van der Waals surface area contributed by atoms with Gasteiger partial charge in [-0.2, -0.15) is 18.3 Å². The lowest BCUT2D eigenvalue weighted by Crippen LogP contribution is -2.37. The topological polar surface area (TPSA) is 50.7 Å². The molecule has 1 aliphatic rings. The maximum Gasteiger partial charge on any atom is 0.428 e. The number of cyclic esters (lactones) is 1. The minimum absolute atomic E-state index is 0.0289. The van der Waals surface area contributed by atoms with Crippen molar-refractivity contribution in [3.8, 4) is 0 Å². The molecular formula is C11H8F4N2O2. The number of hydrogen-bond donors (Lipinski definition) is 1. The molecule has 1 atom stereocenters. The molecule has 0 aliphatic carbocycles.